The second-order valence-corrected chi connectivity index (χ2v) is 12.9. The van der Waals surface area contributed by atoms with Gasteiger partial charge in [0.05, 0.1) is 11.4 Å². The molecule has 5 nitrogen and oxygen atoms in total. The van der Waals surface area contributed by atoms with Crippen molar-refractivity contribution in [2.45, 2.75) is 0 Å². The summed E-state index contributed by atoms with van der Waals surface area (Å²) in [6.45, 7) is 0. The first-order valence-electron chi connectivity index (χ1n) is 17.3. The fraction of sp³-hybridized carbons (Fsp3) is 0. The molecule has 0 fully saturated rings. The molecular weight excluding hydrogens is 635 g/mol. The minimum atomic E-state index is 0.637. The van der Waals surface area contributed by atoms with E-state index in [9.17, 15) is 0 Å². The van der Waals surface area contributed by atoms with Crippen molar-refractivity contribution in [2.75, 3.05) is 0 Å². The first-order chi connectivity index (χ1) is 25.8. The van der Waals surface area contributed by atoms with Crippen LogP contribution in [0.4, 0.5) is 0 Å². The number of aromatic nitrogens is 5. The summed E-state index contributed by atoms with van der Waals surface area (Å²) in [6, 6.07) is 56.7. The van der Waals surface area contributed by atoms with Gasteiger partial charge in [-0.25, -0.2) is 15.0 Å². The van der Waals surface area contributed by atoms with Gasteiger partial charge in [0, 0.05) is 34.6 Å². The highest BCUT2D eigenvalue weighted by molar-refractivity contribution is 6.27. The smallest absolute Gasteiger partial charge is 0.164 e. The van der Waals surface area contributed by atoms with E-state index in [1.165, 1.54) is 32.5 Å². The summed E-state index contributed by atoms with van der Waals surface area (Å²) in [7, 11) is 0. The molecule has 0 unspecified atom stereocenters. The van der Waals surface area contributed by atoms with E-state index < -0.39 is 0 Å². The van der Waals surface area contributed by atoms with Crippen molar-refractivity contribution in [2.24, 2.45) is 0 Å². The molecule has 0 aliphatic rings. The SMILES string of the molecule is c1ccc(-c2ccc(-c3nc(-c4ccccc4)nc(-c4ccc5ccc6c(-c7ccc(-c8ccccn8)nc7)ccc7ccc4c5c76)n3)cc2)cc1. The van der Waals surface area contributed by atoms with Gasteiger partial charge in [0.1, 0.15) is 0 Å². The van der Waals surface area contributed by atoms with Gasteiger partial charge in [-0.2, -0.15) is 0 Å². The van der Waals surface area contributed by atoms with Gasteiger partial charge in [-0.1, -0.05) is 140 Å². The third-order valence-electron chi connectivity index (χ3n) is 9.82. The summed E-state index contributed by atoms with van der Waals surface area (Å²) >= 11 is 0. The Morgan fingerprint density at radius 1 is 0.308 bits per heavy atom. The van der Waals surface area contributed by atoms with Crippen LogP contribution < -0.4 is 0 Å². The van der Waals surface area contributed by atoms with Gasteiger partial charge in [-0.15, -0.1) is 0 Å². The van der Waals surface area contributed by atoms with E-state index in [0.717, 1.165) is 50.2 Å². The molecular formula is C47H29N5. The van der Waals surface area contributed by atoms with E-state index in [1.54, 1.807) is 6.20 Å². The topological polar surface area (TPSA) is 64.5 Å². The monoisotopic (exact) mass is 663 g/mol. The highest BCUT2D eigenvalue weighted by Crippen LogP contribution is 2.42. The third kappa shape index (κ3) is 5.15. The molecule has 3 aromatic heterocycles. The van der Waals surface area contributed by atoms with Crippen LogP contribution in [0.3, 0.4) is 0 Å². The number of hydrogen-bond acceptors (Lipinski definition) is 5. The van der Waals surface area contributed by atoms with Crippen molar-refractivity contribution >= 4 is 32.3 Å². The van der Waals surface area contributed by atoms with E-state index in [4.69, 9.17) is 19.9 Å². The molecule has 0 aliphatic carbocycles. The van der Waals surface area contributed by atoms with E-state index in [0.29, 0.717) is 17.5 Å². The molecule has 0 saturated heterocycles. The lowest BCUT2D eigenvalue weighted by Gasteiger charge is -2.16. The van der Waals surface area contributed by atoms with Crippen LogP contribution in [-0.4, -0.2) is 24.9 Å². The van der Waals surface area contributed by atoms with Crippen LogP contribution in [0.1, 0.15) is 0 Å². The minimum absolute atomic E-state index is 0.637. The van der Waals surface area contributed by atoms with Crippen molar-refractivity contribution in [1.29, 1.82) is 0 Å². The van der Waals surface area contributed by atoms with E-state index in [-0.39, 0.29) is 0 Å². The Morgan fingerprint density at radius 2 is 0.808 bits per heavy atom. The van der Waals surface area contributed by atoms with E-state index in [1.807, 2.05) is 66.9 Å². The van der Waals surface area contributed by atoms with Crippen molar-refractivity contribution in [3.63, 3.8) is 0 Å². The van der Waals surface area contributed by atoms with E-state index >= 15 is 0 Å². The molecule has 52 heavy (non-hydrogen) atoms. The van der Waals surface area contributed by atoms with Crippen LogP contribution in [0.15, 0.2) is 176 Å². The fourth-order valence-corrected chi connectivity index (χ4v) is 7.25. The lowest BCUT2D eigenvalue weighted by Crippen LogP contribution is -2.01. The fourth-order valence-electron chi connectivity index (χ4n) is 7.25. The zero-order valence-corrected chi connectivity index (χ0v) is 28.0. The Labute approximate surface area is 300 Å². The van der Waals surface area contributed by atoms with E-state index in [2.05, 4.69) is 108 Å². The third-order valence-corrected chi connectivity index (χ3v) is 9.82. The van der Waals surface area contributed by atoms with Crippen molar-refractivity contribution in [3.05, 3.63) is 176 Å². The Kier molecular flexibility index (Phi) is 7.07. The Balaban J connectivity index is 1.13. The summed E-state index contributed by atoms with van der Waals surface area (Å²) in [5.41, 5.74) is 9.08. The molecule has 10 rings (SSSR count). The number of rotatable bonds is 6. The van der Waals surface area contributed by atoms with Gasteiger partial charge < -0.3 is 0 Å². The molecule has 5 heteroatoms. The molecule has 0 bridgehead atoms. The maximum atomic E-state index is 5.15. The second-order valence-electron chi connectivity index (χ2n) is 12.9. The zero-order chi connectivity index (χ0) is 34.4. The summed E-state index contributed by atoms with van der Waals surface area (Å²) in [5.74, 6) is 1.92. The first-order valence-corrected chi connectivity index (χ1v) is 17.3. The lowest BCUT2D eigenvalue weighted by atomic mass is 9.88. The van der Waals surface area contributed by atoms with Gasteiger partial charge in [0.15, 0.2) is 17.5 Å². The Morgan fingerprint density at radius 3 is 1.44 bits per heavy atom. The second kappa shape index (κ2) is 12.3. The Hall–Kier alpha value is -7.11. The normalized spacial score (nSPS) is 11.5. The summed E-state index contributed by atoms with van der Waals surface area (Å²) in [6.07, 6.45) is 3.75. The molecule has 0 radical (unpaired) electrons. The van der Waals surface area contributed by atoms with Crippen LogP contribution in [0.2, 0.25) is 0 Å². The predicted octanol–water partition coefficient (Wildman–Crippen LogP) is 11.6. The molecule has 3 heterocycles. The van der Waals surface area contributed by atoms with Gasteiger partial charge in [0.2, 0.25) is 0 Å². The van der Waals surface area contributed by atoms with Crippen molar-refractivity contribution < 1.29 is 0 Å². The van der Waals surface area contributed by atoms with Crippen LogP contribution in [0, 0.1) is 0 Å². The summed E-state index contributed by atoms with van der Waals surface area (Å²) < 4.78 is 0. The van der Waals surface area contributed by atoms with Crippen LogP contribution in [-0.2, 0) is 0 Å². The standard InChI is InChI=1S/C47H29N5/c1-3-9-30(10-4-1)31-14-16-35(17-15-31)46-50-45(34-11-5-2-6-12-34)51-47(52-46)40-26-21-33-19-24-38-37(23-18-32-20-25-39(40)44(33)43(32)38)36-22-27-42(49-29-36)41-13-7-8-28-48-41/h1-29H. The number of hydrogen-bond donors (Lipinski definition) is 0. The number of pyridine rings is 2. The highest BCUT2D eigenvalue weighted by atomic mass is 15.0. The maximum Gasteiger partial charge on any atom is 0.164 e. The van der Waals surface area contributed by atoms with Crippen molar-refractivity contribution in [1.82, 2.24) is 24.9 Å². The quantitative estimate of drug-likeness (QED) is 0.166. The molecule has 0 N–H and O–H groups in total. The average molecular weight is 664 g/mol. The highest BCUT2D eigenvalue weighted by Gasteiger charge is 2.18. The molecule has 0 spiro atoms. The predicted molar refractivity (Wildman–Crippen MR) is 212 cm³/mol. The van der Waals surface area contributed by atoms with Crippen LogP contribution in [0.25, 0.3) is 100 Å². The average Bonchev–Trinajstić information content (AvgIpc) is 3.23. The minimum Gasteiger partial charge on any atom is -0.255 e. The molecule has 10 aromatic rings. The molecule has 7 aromatic carbocycles. The number of nitrogens with zero attached hydrogens (tertiary/aromatic N) is 5. The number of benzene rings is 7. The van der Waals surface area contributed by atoms with Gasteiger partial charge in [-0.05, 0) is 73.3 Å². The Bertz CT molecular complexity index is 2860. The molecule has 0 atom stereocenters. The van der Waals surface area contributed by atoms with Gasteiger partial charge >= 0.3 is 0 Å². The first kappa shape index (κ1) is 29.8. The molecule has 0 saturated carbocycles. The van der Waals surface area contributed by atoms with Crippen LogP contribution in [0.5, 0.6) is 0 Å². The van der Waals surface area contributed by atoms with Gasteiger partial charge in [-0.3, -0.25) is 9.97 Å². The maximum absolute atomic E-state index is 5.15. The van der Waals surface area contributed by atoms with Crippen LogP contribution >= 0.6 is 0 Å². The summed E-state index contributed by atoms with van der Waals surface area (Å²) in [5, 5.41) is 7.06. The molecule has 0 aliphatic heterocycles. The summed E-state index contributed by atoms with van der Waals surface area (Å²) in [4.78, 5) is 24.5. The molecule has 0 amide bonds. The molecule has 242 valence electrons. The van der Waals surface area contributed by atoms with Crippen molar-refractivity contribution in [3.8, 4) is 67.8 Å². The lowest BCUT2D eigenvalue weighted by molar-refractivity contribution is 1.08. The van der Waals surface area contributed by atoms with Gasteiger partial charge in [0.25, 0.3) is 0 Å². The zero-order valence-electron chi connectivity index (χ0n) is 28.0. The largest absolute Gasteiger partial charge is 0.255 e.